The van der Waals surface area contributed by atoms with Crippen molar-refractivity contribution in [1.82, 2.24) is 4.98 Å². The van der Waals surface area contributed by atoms with E-state index in [1.807, 2.05) is 6.20 Å². The van der Waals surface area contributed by atoms with Gasteiger partial charge in [0.1, 0.15) is 0 Å². The van der Waals surface area contributed by atoms with Gasteiger partial charge in [-0.25, -0.2) is 0 Å². The van der Waals surface area contributed by atoms with Crippen LogP contribution in [0.15, 0.2) is 85.2 Å². The molecule has 0 unspecified atom stereocenters. The molecule has 0 N–H and O–H groups in total. The maximum Gasteiger partial charge on any atom is 0.0535 e. The summed E-state index contributed by atoms with van der Waals surface area (Å²) in [7, 11) is 0. The number of anilines is 3. The van der Waals surface area contributed by atoms with Gasteiger partial charge in [-0.2, -0.15) is 0 Å². The van der Waals surface area contributed by atoms with Crippen molar-refractivity contribution in [2.75, 3.05) is 4.90 Å². The van der Waals surface area contributed by atoms with Gasteiger partial charge in [-0.05, 0) is 97.8 Å². The van der Waals surface area contributed by atoms with Gasteiger partial charge in [-0.1, -0.05) is 54.6 Å². The first-order valence-electron chi connectivity index (χ1n) is 12.6. The average Bonchev–Trinajstić information content (AvgIpc) is 3.47. The number of hydrogen-bond acceptors (Lipinski definition) is 2. The first kappa shape index (κ1) is 18.2. The lowest BCUT2D eigenvalue weighted by molar-refractivity contribution is 0.985. The highest BCUT2D eigenvalue weighted by Gasteiger charge is 2.37. The number of hydrogen-bond donors (Lipinski definition) is 0. The van der Waals surface area contributed by atoms with E-state index < -0.39 is 0 Å². The Morgan fingerprint density at radius 3 is 2.31 bits per heavy atom. The molecule has 35 heavy (non-hydrogen) atoms. The minimum atomic E-state index is 0.946. The molecule has 2 aliphatic carbocycles. The van der Waals surface area contributed by atoms with Crippen molar-refractivity contribution >= 4 is 17.1 Å². The maximum atomic E-state index is 4.49. The highest BCUT2D eigenvalue weighted by atomic mass is 15.2. The summed E-state index contributed by atoms with van der Waals surface area (Å²) in [6.45, 7) is 0. The Balaban J connectivity index is 1.33. The summed E-state index contributed by atoms with van der Waals surface area (Å²) in [5, 5.41) is 0. The molecule has 0 bridgehead atoms. The van der Waals surface area contributed by atoms with Crippen LogP contribution in [0, 0.1) is 0 Å². The Hall–Kier alpha value is -4.17. The summed E-state index contributed by atoms with van der Waals surface area (Å²) in [5.41, 5.74) is 21.6. The molecule has 5 aromatic rings. The van der Waals surface area contributed by atoms with Gasteiger partial charge in [-0.15, -0.1) is 0 Å². The largest absolute Gasteiger partial charge is 0.309 e. The number of rotatable bonds is 0. The van der Waals surface area contributed by atoms with Crippen LogP contribution in [0.1, 0.15) is 44.5 Å². The third-order valence-electron chi connectivity index (χ3n) is 8.63. The van der Waals surface area contributed by atoms with Gasteiger partial charge < -0.3 is 4.90 Å². The summed E-state index contributed by atoms with van der Waals surface area (Å²) in [6.07, 6.45) is 8.03. The van der Waals surface area contributed by atoms with Gasteiger partial charge in [0.05, 0.1) is 11.4 Å². The molecular formula is C33H22N2. The van der Waals surface area contributed by atoms with Crippen molar-refractivity contribution in [3.63, 3.8) is 0 Å². The zero-order chi connectivity index (χ0) is 22.7. The van der Waals surface area contributed by atoms with Crippen LogP contribution < -0.4 is 4.90 Å². The molecular weight excluding hydrogens is 424 g/mol. The maximum absolute atomic E-state index is 4.49. The number of nitrogens with zero attached hydrogens (tertiary/aromatic N) is 2. The summed E-state index contributed by atoms with van der Waals surface area (Å²) in [4.78, 5) is 7.01. The van der Waals surface area contributed by atoms with Gasteiger partial charge in [-0.3, -0.25) is 4.98 Å². The van der Waals surface area contributed by atoms with Crippen LogP contribution in [0.5, 0.6) is 0 Å². The topological polar surface area (TPSA) is 16.1 Å². The molecule has 1 aromatic heterocycles. The lowest BCUT2D eigenvalue weighted by atomic mass is 9.82. The second-order valence-electron chi connectivity index (χ2n) is 10.3. The molecule has 0 saturated heterocycles. The normalized spacial score (nSPS) is 14.9. The van der Waals surface area contributed by atoms with E-state index in [0.717, 1.165) is 25.7 Å². The van der Waals surface area contributed by atoms with E-state index in [2.05, 4.69) is 88.9 Å². The third kappa shape index (κ3) is 2.23. The number of fused-ring (bicyclic) bond motifs is 12. The first-order chi connectivity index (χ1) is 17.3. The number of benzene rings is 4. The van der Waals surface area contributed by atoms with Crippen molar-refractivity contribution in [1.29, 1.82) is 0 Å². The zero-order valence-corrected chi connectivity index (χ0v) is 19.3. The quantitative estimate of drug-likeness (QED) is 0.240. The standard InChI is InChI=1S/C33H22N2/c1-3-7-24-19(5-1)14-27-25(24)10-9-21-16-26-28(32(21)27)17-22-13-23-18-34-12-11-31(23)35-30-8-4-2-6-20(30)15-29(26)33(22)35/h1-12,17-18H,13-16H2. The third-order valence-corrected chi connectivity index (χ3v) is 8.63. The Morgan fingerprint density at radius 2 is 1.34 bits per heavy atom. The molecule has 0 amide bonds. The summed E-state index contributed by atoms with van der Waals surface area (Å²) in [6, 6.07) is 27.4. The Bertz CT molecular complexity index is 1750. The van der Waals surface area contributed by atoms with Gasteiger partial charge in [0, 0.05) is 30.9 Å². The number of para-hydroxylation sites is 1. The molecule has 2 aliphatic heterocycles. The summed E-state index contributed by atoms with van der Waals surface area (Å²) < 4.78 is 0. The predicted octanol–water partition coefficient (Wildman–Crippen LogP) is 7.50. The second kappa shape index (κ2) is 6.28. The van der Waals surface area contributed by atoms with Crippen molar-refractivity contribution in [3.05, 3.63) is 130 Å². The average molecular weight is 447 g/mol. The fourth-order valence-corrected chi connectivity index (χ4v) is 7.21. The van der Waals surface area contributed by atoms with E-state index >= 15 is 0 Å². The van der Waals surface area contributed by atoms with Crippen LogP contribution in [0.4, 0.5) is 17.1 Å². The minimum absolute atomic E-state index is 0.946. The van der Waals surface area contributed by atoms with E-state index in [0.29, 0.717) is 0 Å². The van der Waals surface area contributed by atoms with E-state index in [9.17, 15) is 0 Å². The Morgan fingerprint density at radius 1 is 0.543 bits per heavy atom. The molecule has 0 radical (unpaired) electrons. The van der Waals surface area contributed by atoms with Crippen LogP contribution >= 0.6 is 0 Å². The fourth-order valence-electron chi connectivity index (χ4n) is 7.21. The second-order valence-corrected chi connectivity index (χ2v) is 10.3. The summed E-state index contributed by atoms with van der Waals surface area (Å²) >= 11 is 0. The van der Waals surface area contributed by atoms with Gasteiger partial charge in [0.25, 0.3) is 0 Å². The predicted molar refractivity (Wildman–Crippen MR) is 141 cm³/mol. The lowest BCUT2D eigenvalue weighted by Crippen LogP contribution is -2.25. The summed E-state index contributed by atoms with van der Waals surface area (Å²) in [5.74, 6) is 0. The van der Waals surface area contributed by atoms with Crippen LogP contribution in [0.2, 0.25) is 0 Å². The SMILES string of the molecule is c1ccc2c(c1)Cc1c-2ccc2c1-c1cc3c4c(c1C2)Cc1ccccc1N4c1ccncc1C3. The fraction of sp³-hybridized carbons (Fsp3) is 0.121. The van der Waals surface area contributed by atoms with E-state index in [1.165, 1.54) is 78.3 Å². The molecule has 0 fully saturated rings. The van der Waals surface area contributed by atoms with E-state index in [1.54, 1.807) is 5.56 Å². The van der Waals surface area contributed by atoms with Crippen molar-refractivity contribution in [3.8, 4) is 22.3 Å². The lowest BCUT2D eigenvalue weighted by Gasteiger charge is -2.40. The minimum Gasteiger partial charge on any atom is -0.309 e. The number of pyridine rings is 1. The van der Waals surface area contributed by atoms with Crippen LogP contribution in [-0.4, -0.2) is 4.98 Å². The first-order valence-corrected chi connectivity index (χ1v) is 12.6. The smallest absolute Gasteiger partial charge is 0.0535 e. The number of aromatic nitrogens is 1. The molecule has 4 aromatic carbocycles. The molecule has 0 spiro atoms. The molecule has 2 nitrogen and oxygen atoms in total. The molecule has 164 valence electrons. The molecule has 2 heteroatoms. The molecule has 3 heterocycles. The van der Waals surface area contributed by atoms with Crippen LogP contribution in [0.3, 0.4) is 0 Å². The monoisotopic (exact) mass is 446 g/mol. The highest BCUT2D eigenvalue weighted by Crippen LogP contribution is 2.56. The molecule has 9 rings (SSSR count). The Kier molecular flexibility index (Phi) is 3.27. The molecule has 0 atom stereocenters. The molecule has 0 saturated carbocycles. The van der Waals surface area contributed by atoms with Crippen LogP contribution in [-0.2, 0) is 25.7 Å². The van der Waals surface area contributed by atoms with Gasteiger partial charge in [0.15, 0.2) is 0 Å². The van der Waals surface area contributed by atoms with Gasteiger partial charge >= 0.3 is 0 Å². The highest BCUT2D eigenvalue weighted by molar-refractivity contribution is 5.96. The van der Waals surface area contributed by atoms with Gasteiger partial charge in [0.2, 0.25) is 0 Å². The zero-order valence-electron chi connectivity index (χ0n) is 19.3. The van der Waals surface area contributed by atoms with Crippen molar-refractivity contribution in [2.24, 2.45) is 0 Å². The van der Waals surface area contributed by atoms with E-state index in [4.69, 9.17) is 0 Å². The van der Waals surface area contributed by atoms with Crippen LogP contribution in [0.25, 0.3) is 22.3 Å². The molecule has 4 aliphatic rings. The van der Waals surface area contributed by atoms with E-state index in [-0.39, 0.29) is 0 Å². The van der Waals surface area contributed by atoms with Crippen molar-refractivity contribution in [2.45, 2.75) is 25.7 Å². The Labute approximate surface area is 204 Å². The van der Waals surface area contributed by atoms with Crippen molar-refractivity contribution < 1.29 is 0 Å².